The summed E-state index contributed by atoms with van der Waals surface area (Å²) in [6.07, 6.45) is 0. The van der Waals surface area contributed by atoms with E-state index in [2.05, 4.69) is 43.2 Å². The molecule has 0 spiro atoms. The fourth-order valence-corrected chi connectivity index (χ4v) is 2.98. The Kier molecular flexibility index (Phi) is 5.59. The van der Waals surface area contributed by atoms with Crippen molar-refractivity contribution in [2.24, 2.45) is 0 Å². The summed E-state index contributed by atoms with van der Waals surface area (Å²) in [6, 6.07) is 15.4. The highest BCUT2D eigenvalue weighted by atomic mass is 79.9. The summed E-state index contributed by atoms with van der Waals surface area (Å²) in [5.74, 6) is 2.26. The minimum atomic E-state index is 0.341. The molecule has 2 aromatic carbocycles. The number of H-pyrrole nitrogens is 1. The number of hydrogen-bond donors (Lipinski definition) is 1. The van der Waals surface area contributed by atoms with Gasteiger partial charge in [0.2, 0.25) is 5.16 Å². The summed E-state index contributed by atoms with van der Waals surface area (Å²) in [5.41, 5.74) is 1.22. The third-order valence-corrected chi connectivity index (χ3v) is 4.68. The van der Waals surface area contributed by atoms with E-state index in [1.807, 2.05) is 24.3 Å². The topological polar surface area (TPSA) is 50.8 Å². The van der Waals surface area contributed by atoms with Gasteiger partial charge in [0.15, 0.2) is 5.82 Å². The van der Waals surface area contributed by atoms with Crippen molar-refractivity contribution >= 4 is 39.3 Å². The molecule has 0 fully saturated rings. The number of nitrogens with zero attached hydrogens (tertiary/aromatic N) is 2. The number of nitrogens with one attached hydrogen (secondary N) is 1. The van der Waals surface area contributed by atoms with Crippen LogP contribution in [-0.2, 0) is 12.4 Å². The van der Waals surface area contributed by atoms with E-state index in [4.69, 9.17) is 16.3 Å². The lowest BCUT2D eigenvalue weighted by molar-refractivity contribution is 0.296. The lowest BCUT2D eigenvalue weighted by Gasteiger charge is -2.03. The minimum Gasteiger partial charge on any atom is -0.486 e. The van der Waals surface area contributed by atoms with E-state index in [1.54, 1.807) is 23.9 Å². The normalized spacial score (nSPS) is 10.7. The van der Waals surface area contributed by atoms with Crippen molar-refractivity contribution in [1.29, 1.82) is 0 Å². The summed E-state index contributed by atoms with van der Waals surface area (Å²) in [7, 11) is 0. The Morgan fingerprint density at radius 3 is 2.57 bits per heavy atom. The monoisotopic (exact) mass is 409 g/mol. The van der Waals surface area contributed by atoms with Gasteiger partial charge in [-0.1, -0.05) is 51.4 Å². The van der Waals surface area contributed by atoms with Crippen molar-refractivity contribution in [3.8, 4) is 5.75 Å². The Bertz CT molecular complexity index is 698. The van der Waals surface area contributed by atoms with Gasteiger partial charge >= 0.3 is 0 Å². The molecule has 1 aromatic heterocycles. The molecular formula is C16H13BrClN3OS. The van der Waals surface area contributed by atoms with E-state index in [0.717, 1.165) is 16.0 Å². The molecule has 118 valence electrons. The van der Waals surface area contributed by atoms with Crippen molar-refractivity contribution in [3.05, 3.63) is 69.4 Å². The largest absolute Gasteiger partial charge is 0.486 e. The van der Waals surface area contributed by atoms with Gasteiger partial charge in [-0.2, -0.15) is 0 Å². The van der Waals surface area contributed by atoms with Crippen molar-refractivity contribution in [2.75, 3.05) is 0 Å². The van der Waals surface area contributed by atoms with Gasteiger partial charge in [0.1, 0.15) is 12.4 Å². The van der Waals surface area contributed by atoms with Crippen molar-refractivity contribution in [3.63, 3.8) is 0 Å². The maximum atomic E-state index is 5.84. The van der Waals surface area contributed by atoms with E-state index in [0.29, 0.717) is 22.6 Å². The lowest BCUT2D eigenvalue weighted by atomic mass is 10.2. The first-order valence-electron chi connectivity index (χ1n) is 6.86. The van der Waals surface area contributed by atoms with E-state index in [1.165, 1.54) is 5.56 Å². The third-order valence-electron chi connectivity index (χ3n) is 2.98. The molecule has 7 heteroatoms. The van der Waals surface area contributed by atoms with E-state index >= 15 is 0 Å². The smallest absolute Gasteiger partial charge is 0.208 e. The van der Waals surface area contributed by atoms with Crippen LogP contribution < -0.4 is 4.74 Å². The predicted octanol–water partition coefficient (Wildman–Crippen LogP) is 5.09. The highest BCUT2D eigenvalue weighted by Crippen LogP contribution is 2.21. The standard InChI is InChI=1S/C16H13BrClN3OS/c17-12-3-1-11(2-4-12)10-23-16-19-15(20-21-16)9-22-14-7-5-13(18)6-8-14/h1-8H,9-10H2,(H,19,20,21). The van der Waals surface area contributed by atoms with Gasteiger partial charge in [0.25, 0.3) is 0 Å². The second-order valence-electron chi connectivity index (χ2n) is 4.72. The second-order valence-corrected chi connectivity index (χ2v) is 7.02. The number of aromatic nitrogens is 3. The Balaban J connectivity index is 1.51. The first kappa shape index (κ1) is 16.4. The molecule has 1 N–H and O–H groups in total. The maximum Gasteiger partial charge on any atom is 0.208 e. The van der Waals surface area contributed by atoms with Crippen molar-refractivity contribution in [1.82, 2.24) is 15.2 Å². The predicted molar refractivity (Wildman–Crippen MR) is 95.9 cm³/mol. The zero-order valence-corrected chi connectivity index (χ0v) is 15.2. The molecule has 0 aliphatic rings. The van der Waals surface area contributed by atoms with Gasteiger partial charge in [-0.3, -0.25) is 5.10 Å². The van der Waals surface area contributed by atoms with Gasteiger partial charge in [-0.15, -0.1) is 5.10 Å². The van der Waals surface area contributed by atoms with Crippen LogP contribution in [0.1, 0.15) is 11.4 Å². The molecule has 4 nitrogen and oxygen atoms in total. The lowest BCUT2D eigenvalue weighted by Crippen LogP contribution is -1.97. The number of halogens is 2. The zero-order valence-electron chi connectivity index (χ0n) is 12.0. The van der Waals surface area contributed by atoms with Crippen LogP contribution in [0.2, 0.25) is 5.02 Å². The van der Waals surface area contributed by atoms with Crippen molar-refractivity contribution < 1.29 is 4.74 Å². The molecule has 3 aromatic rings. The summed E-state index contributed by atoms with van der Waals surface area (Å²) in [4.78, 5) is 4.41. The van der Waals surface area contributed by atoms with Crippen LogP contribution in [0.4, 0.5) is 0 Å². The SMILES string of the molecule is Clc1ccc(OCc2nc(SCc3ccc(Br)cc3)n[nH]2)cc1. The second kappa shape index (κ2) is 7.86. The van der Waals surface area contributed by atoms with Gasteiger partial charge in [-0.05, 0) is 42.0 Å². The zero-order chi connectivity index (χ0) is 16.1. The summed E-state index contributed by atoms with van der Waals surface area (Å²) < 4.78 is 6.70. The van der Waals surface area contributed by atoms with Crippen LogP contribution in [0, 0.1) is 0 Å². The fourth-order valence-electron chi connectivity index (χ4n) is 1.82. The first-order valence-corrected chi connectivity index (χ1v) is 9.01. The summed E-state index contributed by atoms with van der Waals surface area (Å²) in [5, 5.41) is 8.48. The molecule has 0 unspecified atom stereocenters. The highest BCUT2D eigenvalue weighted by molar-refractivity contribution is 9.10. The molecular weight excluding hydrogens is 398 g/mol. The Hall–Kier alpha value is -1.50. The molecule has 0 atom stereocenters. The molecule has 1 heterocycles. The van der Waals surface area contributed by atoms with Gasteiger partial charge < -0.3 is 4.74 Å². The van der Waals surface area contributed by atoms with Gasteiger partial charge in [0.05, 0.1) is 0 Å². The molecule has 0 aliphatic carbocycles. The van der Waals surface area contributed by atoms with Crippen LogP contribution >= 0.6 is 39.3 Å². The molecule has 0 bridgehead atoms. The average molecular weight is 411 g/mol. The molecule has 3 rings (SSSR count). The quantitative estimate of drug-likeness (QED) is 0.575. The molecule has 0 radical (unpaired) electrons. The van der Waals surface area contributed by atoms with Gasteiger partial charge in [0, 0.05) is 15.2 Å². The number of thioether (sulfide) groups is 1. The number of aromatic amines is 1. The van der Waals surface area contributed by atoms with Gasteiger partial charge in [-0.25, -0.2) is 4.98 Å². The average Bonchev–Trinajstić information content (AvgIpc) is 3.02. The van der Waals surface area contributed by atoms with E-state index in [9.17, 15) is 0 Å². The molecule has 0 saturated carbocycles. The number of hydrogen-bond acceptors (Lipinski definition) is 4. The molecule has 0 amide bonds. The summed E-state index contributed by atoms with van der Waals surface area (Å²) >= 11 is 10.8. The Morgan fingerprint density at radius 2 is 1.83 bits per heavy atom. The Morgan fingerprint density at radius 1 is 1.09 bits per heavy atom. The third kappa shape index (κ3) is 4.99. The molecule has 0 saturated heterocycles. The maximum absolute atomic E-state index is 5.84. The number of ether oxygens (including phenoxy) is 1. The van der Waals surface area contributed by atoms with Crippen LogP contribution in [0.3, 0.4) is 0 Å². The molecule has 0 aliphatic heterocycles. The number of rotatable bonds is 6. The highest BCUT2D eigenvalue weighted by Gasteiger charge is 2.05. The first-order chi connectivity index (χ1) is 11.2. The van der Waals surface area contributed by atoms with Crippen molar-refractivity contribution in [2.45, 2.75) is 17.5 Å². The van der Waals surface area contributed by atoms with Crippen LogP contribution in [0.15, 0.2) is 58.2 Å². The van der Waals surface area contributed by atoms with Crippen LogP contribution in [0.25, 0.3) is 0 Å². The number of benzene rings is 2. The van der Waals surface area contributed by atoms with E-state index in [-0.39, 0.29) is 0 Å². The Labute approximate surface area is 151 Å². The summed E-state index contributed by atoms with van der Waals surface area (Å²) in [6.45, 7) is 0.341. The van der Waals surface area contributed by atoms with Crippen LogP contribution in [-0.4, -0.2) is 15.2 Å². The van der Waals surface area contributed by atoms with E-state index < -0.39 is 0 Å². The van der Waals surface area contributed by atoms with Crippen LogP contribution in [0.5, 0.6) is 5.75 Å². The fraction of sp³-hybridized carbons (Fsp3) is 0.125. The molecule has 23 heavy (non-hydrogen) atoms. The minimum absolute atomic E-state index is 0.341.